The number of amides is 3. The lowest BCUT2D eigenvalue weighted by Crippen LogP contribution is -2.47. The van der Waals surface area contributed by atoms with Crippen LogP contribution in [0.4, 0.5) is 10.5 Å². The Morgan fingerprint density at radius 2 is 1.73 bits per heavy atom. The Balaban J connectivity index is 2.18. The molecule has 0 atom stereocenters. The van der Waals surface area contributed by atoms with Gasteiger partial charge in [-0.3, -0.25) is 15.0 Å². The van der Waals surface area contributed by atoms with E-state index in [0.29, 0.717) is 41.3 Å². The molecule has 0 fully saturated rings. The number of nitrogens with zero attached hydrogens (tertiary/aromatic N) is 1. The van der Waals surface area contributed by atoms with Gasteiger partial charge in [-0.15, -0.1) is 0 Å². The minimum absolute atomic E-state index is 0.161. The molecular weight excluding hydrogens is 494 g/mol. The van der Waals surface area contributed by atoms with Crippen LogP contribution in [0.3, 0.4) is 0 Å². The van der Waals surface area contributed by atoms with Gasteiger partial charge in [0.15, 0.2) is 0 Å². The fraction of sp³-hybridized carbons (Fsp3) is 0.464. The molecule has 0 unspecified atom stereocenters. The quantitative estimate of drug-likeness (QED) is 0.307. The molecule has 0 aliphatic heterocycles. The van der Waals surface area contributed by atoms with E-state index in [2.05, 4.69) is 10.7 Å². The number of anilines is 1. The second-order valence-corrected chi connectivity index (χ2v) is 10.7. The Bertz CT molecular complexity index is 1090. The third-order valence-corrected chi connectivity index (χ3v) is 5.52. The van der Waals surface area contributed by atoms with Crippen molar-refractivity contribution in [2.75, 3.05) is 18.2 Å². The molecule has 0 saturated heterocycles. The van der Waals surface area contributed by atoms with Crippen molar-refractivity contribution < 1.29 is 23.9 Å². The maximum atomic E-state index is 13.6. The molecule has 8 nitrogen and oxygen atoms in total. The van der Waals surface area contributed by atoms with Crippen molar-refractivity contribution in [3.63, 3.8) is 0 Å². The predicted molar refractivity (Wildman–Crippen MR) is 146 cm³/mol. The van der Waals surface area contributed by atoms with Crippen LogP contribution in [0.25, 0.3) is 0 Å². The molecule has 37 heavy (non-hydrogen) atoms. The number of carbonyl (C=O) groups excluding carboxylic acids is 3. The Morgan fingerprint density at radius 1 is 1.05 bits per heavy atom. The number of rotatable bonds is 9. The zero-order valence-electron chi connectivity index (χ0n) is 22.7. The summed E-state index contributed by atoms with van der Waals surface area (Å²) < 4.78 is 11.0. The first-order valence-electron chi connectivity index (χ1n) is 12.4. The number of para-hydroxylation sites is 1. The number of benzene rings is 2. The van der Waals surface area contributed by atoms with E-state index in [4.69, 9.17) is 21.1 Å². The van der Waals surface area contributed by atoms with Crippen molar-refractivity contribution in [3.05, 3.63) is 58.1 Å². The largest absolute Gasteiger partial charge is 0.490 e. The summed E-state index contributed by atoms with van der Waals surface area (Å²) in [4.78, 5) is 38.0. The molecule has 3 amide bonds. The summed E-state index contributed by atoms with van der Waals surface area (Å²) in [5.74, 6) is 0.107. The van der Waals surface area contributed by atoms with Gasteiger partial charge in [0, 0.05) is 12.0 Å². The molecule has 0 heterocycles. The number of aryl methyl sites for hydroxylation is 2. The summed E-state index contributed by atoms with van der Waals surface area (Å²) >= 11 is 6.48. The van der Waals surface area contributed by atoms with Gasteiger partial charge in [-0.25, -0.2) is 9.80 Å². The van der Waals surface area contributed by atoms with Crippen LogP contribution in [-0.4, -0.2) is 36.7 Å². The van der Waals surface area contributed by atoms with Crippen LogP contribution in [0.15, 0.2) is 36.4 Å². The van der Waals surface area contributed by atoms with E-state index < -0.39 is 17.6 Å². The number of nitrogens with one attached hydrogen (secondary N) is 2. The van der Waals surface area contributed by atoms with E-state index in [1.807, 2.05) is 39.0 Å². The molecule has 0 bridgehead atoms. The fourth-order valence-electron chi connectivity index (χ4n) is 3.42. The molecule has 0 aliphatic carbocycles. The van der Waals surface area contributed by atoms with Gasteiger partial charge in [0.25, 0.3) is 5.91 Å². The molecule has 2 rings (SSSR count). The summed E-state index contributed by atoms with van der Waals surface area (Å²) in [7, 11) is 0. The fourth-order valence-corrected chi connectivity index (χ4v) is 3.74. The van der Waals surface area contributed by atoms with Gasteiger partial charge < -0.3 is 14.8 Å². The lowest BCUT2D eigenvalue weighted by atomic mass is 10.1. The van der Waals surface area contributed by atoms with Crippen LogP contribution in [0.5, 0.6) is 5.75 Å². The van der Waals surface area contributed by atoms with Crippen molar-refractivity contribution in [3.8, 4) is 5.75 Å². The van der Waals surface area contributed by atoms with Crippen LogP contribution in [0.1, 0.15) is 68.9 Å². The molecule has 9 heteroatoms. The number of alkyl carbamates (subject to hydrolysis) is 1. The summed E-state index contributed by atoms with van der Waals surface area (Å²) in [5, 5.41) is 4.14. The molecule has 2 N–H and O–H groups in total. The highest BCUT2D eigenvalue weighted by molar-refractivity contribution is 6.32. The molecular formula is C28H38ClN3O5. The van der Waals surface area contributed by atoms with Gasteiger partial charge in [0.1, 0.15) is 18.0 Å². The molecule has 2 aromatic carbocycles. The molecule has 0 saturated carbocycles. The lowest BCUT2D eigenvalue weighted by molar-refractivity contribution is -0.121. The molecule has 0 aliphatic rings. The highest BCUT2D eigenvalue weighted by Crippen LogP contribution is 2.31. The van der Waals surface area contributed by atoms with Crippen LogP contribution in [0.2, 0.25) is 5.02 Å². The number of hydrogen-bond donors (Lipinski definition) is 2. The van der Waals surface area contributed by atoms with Gasteiger partial charge in [-0.1, -0.05) is 43.6 Å². The minimum Gasteiger partial charge on any atom is -0.490 e. The minimum atomic E-state index is -0.590. The average Bonchev–Trinajstić information content (AvgIpc) is 2.79. The summed E-state index contributed by atoms with van der Waals surface area (Å²) in [6.45, 7) is 13.5. The van der Waals surface area contributed by atoms with Crippen molar-refractivity contribution in [2.24, 2.45) is 5.92 Å². The number of hydrazine groups is 1. The molecule has 0 aromatic heterocycles. The van der Waals surface area contributed by atoms with Crippen molar-refractivity contribution in [1.29, 1.82) is 0 Å². The third-order valence-electron chi connectivity index (χ3n) is 5.24. The average molecular weight is 532 g/mol. The second kappa shape index (κ2) is 13.3. The molecule has 0 radical (unpaired) electrons. The highest BCUT2D eigenvalue weighted by atomic mass is 35.5. The molecule has 2 aromatic rings. The first kappa shape index (κ1) is 30.0. The number of ether oxygens (including phenoxy) is 2. The molecule has 0 spiro atoms. The summed E-state index contributed by atoms with van der Waals surface area (Å²) in [6.07, 6.45) is 0.477. The summed E-state index contributed by atoms with van der Waals surface area (Å²) in [5.41, 5.74) is 4.53. The first-order chi connectivity index (χ1) is 17.3. The van der Waals surface area contributed by atoms with Crippen LogP contribution >= 0.6 is 11.6 Å². The van der Waals surface area contributed by atoms with Crippen LogP contribution in [-0.2, 0) is 9.53 Å². The maximum Gasteiger partial charge on any atom is 0.407 e. The number of hydrogen-bond acceptors (Lipinski definition) is 5. The Morgan fingerprint density at radius 3 is 2.32 bits per heavy atom. The van der Waals surface area contributed by atoms with Crippen molar-refractivity contribution in [1.82, 2.24) is 10.7 Å². The Labute approximate surface area is 224 Å². The van der Waals surface area contributed by atoms with Gasteiger partial charge in [0.2, 0.25) is 5.91 Å². The maximum absolute atomic E-state index is 13.6. The van der Waals surface area contributed by atoms with E-state index in [0.717, 1.165) is 5.56 Å². The third kappa shape index (κ3) is 9.61. The van der Waals surface area contributed by atoms with Gasteiger partial charge in [0.05, 0.1) is 17.3 Å². The van der Waals surface area contributed by atoms with E-state index in [-0.39, 0.29) is 24.1 Å². The number of halogens is 1. The second-order valence-electron chi connectivity index (χ2n) is 10.3. The van der Waals surface area contributed by atoms with E-state index in [1.165, 1.54) is 11.1 Å². The first-order valence-corrected chi connectivity index (χ1v) is 12.8. The van der Waals surface area contributed by atoms with Gasteiger partial charge in [-0.2, -0.15) is 0 Å². The SMILES string of the molecule is Cc1ccccc1N(NC(=O)CCC(C)C)C(=O)c1cc(C)c(OCCNC(=O)OC(C)(C)C)c(Cl)c1. The lowest BCUT2D eigenvalue weighted by Gasteiger charge is -2.26. The van der Waals surface area contributed by atoms with Gasteiger partial charge in [-0.05, 0) is 76.3 Å². The Kier molecular flexibility index (Phi) is 10.8. The molecule has 202 valence electrons. The predicted octanol–water partition coefficient (Wildman–Crippen LogP) is 5.97. The zero-order chi connectivity index (χ0) is 27.8. The monoisotopic (exact) mass is 531 g/mol. The highest BCUT2D eigenvalue weighted by Gasteiger charge is 2.24. The van der Waals surface area contributed by atoms with Crippen molar-refractivity contribution in [2.45, 2.75) is 66.9 Å². The zero-order valence-corrected chi connectivity index (χ0v) is 23.5. The summed E-state index contributed by atoms with van der Waals surface area (Å²) in [6, 6.07) is 10.5. The van der Waals surface area contributed by atoms with E-state index >= 15 is 0 Å². The van der Waals surface area contributed by atoms with Crippen molar-refractivity contribution >= 4 is 35.2 Å². The standard InChI is InChI=1S/C28H38ClN3O5/c1-18(2)12-13-24(33)31-32(23-11-9-8-10-19(23)3)26(34)21-16-20(4)25(22(29)17-21)36-15-14-30-27(35)37-28(5,6)7/h8-11,16-18H,12-15H2,1-7H3,(H,30,35)(H,31,33). The Hall–Kier alpha value is -3.26. The van der Waals surface area contributed by atoms with Crippen LogP contribution < -0.4 is 20.5 Å². The smallest absolute Gasteiger partial charge is 0.407 e. The van der Waals surface area contributed by atoms with E-state index in [1.54, 1.807) is 39.8 Å². The van der Waals surface area contributed by atoms with Crippen LogP contribution in [0, 0.1) is 19.8 Å². The topological polar surface area (TPSA) is 97.0 Å². The van der Waals surface area contributed by atoms with Gasteiger partial charge >= 0.3 is 6.09 Å². The normalized spacial score (nSPS) is 11.2. The number of carbonyl (C=O) groups is 3. The van der Waals surface area contributed by atoms with E-state index in [9.17, 15) is 14.4 Å².